The van der Waals surface area contributed by atoms with Gasteiger partial charge in [0.1, 0.15) is 0 Å². The van der Waals surface area contributed by atoms with Gasteiger partial charge in [-0.3, -0.25) is 9.59 Å². The summed E-state index contributed by atoms with van der Waals surface area (Å²) >= 11 is 0. The van der Waals surface area contributed by atoms with E-state index in [0.29, 0.717) is 43.9 Å². The maximum atomic E-state index is 12.8. The first-order chi connectivity index (χ1) is 15.1. The maximum Gasteiger partial charge on any atom is 0.258 e. The molecule has 0 bridgehead atoms. The molecule has 0 saturated carbocycles. The minimum atomic E-state index is -0.0113. The maximum absolute atomic E-state index is 12.8. The second-order valence-electron chi connectivity index (χ2n) is 7.53. The van der Waals surface area contributed by atoms with Gasteiger partial charge in [0.05, 0.1) is 19.9 Å². The van der Waals surface area contributed by atoms with Crippen molar-refractivity contribution in [2.24, 2.45) is 0 Å². The second kappa shape index (κ2) is 9.08. The van der Waals surface area contributed by atoms with Crippen molar-refractivity contribution in [3.05, 3.63) is 65.7 Å². The number of hydrogen-bond donors (Lipinski definition) is 1. The molecule has 0 aromatic heterocycles. The van der Waals surface area contributed by atoms with Gasteiger partial charge >= 0.3 is 0 Å². The molecule has 1 heterocycles. The molecule has 0 radical (unpaired) electrons. The number of carbonyl (C=O) groups is 2. The van der Waals surface area contributed by atoms with Crippen LogP contribution in [-0.2, 0) is 11.2 Å². The van der Waals surface area contributed by atoms with Gasteiger partial charge in [-0.1, -0.05) is 30.3 Å². The Balaban J connectivity index is 1.26. The number of methoxy groups -OCH3 is 2. The van der Waals surface area contributed by atoms with Crippen LogP contribution in [0.3, 0.4) is 0 Å². The SMILES string of the molecule is COc1ccc(CCNC(=O)CCCN2C(=O)c3cccc4cccc2c34)cc1OC. The molecule has 6 heteroatoms. The van der Waals surface area contributed by atoms with Crippen LogP contribution in [0.15, 0.2) is 54.6 Å². The van der Waals surface area contributed by atoms with Gasteiger partial charge in [-0.2, -0.15) is 0 Å². The third kappa shape index (κ3) is 4.19. The Hall–Kier alpha value is -3.54. The van der Waals surface area contributed by atoms with Crippen LogP contribution in [0.4, 0.5) is 5.69 Å². The number of hydrogen-bond acceptors (Lipinski definition) is 4. The van der Waals surface area contributed by atoms with E-state index in [0.717, 1.165) is 27.6 Å². The van der Waals surface area contributed by atoms with E-state index >= 15 is 0 Å². The molecule has 0 spiro atoms. The summed E-state index contributed by atoms with van der Waals surface area (Å²) < 4.78 is 10.6. The Labute approximate surface area is 181 Å². The first-order valence-corrected chi connectivity index (χ1v) is 10.4. The highest BCUT2D eigenvalue weighted by Crippen LogP contribution is 2.37. The topological polar surface area (TPSA) is 67.9 Å². The lowest BCUT2D eigenvalue weighted by Crippen LogP contribution is -2.30. The normalized spacial score (nSPS) is 12.3. The number of rotatable bonds is 9. The van der Waals surface area contributed by atoms with Gasteiger partial charge in [0.2, 0.25) is 5.91 Å². The molecular formula is C25H26N2O4. The summed E-state index contributed by atoms with van der Waals surface area (Å²) in [4.78, 5) is 26.8. The van der Waals surface area contributed by atoms with Crippen LogP contribution in [0.25, 0.3) is 10.8 Å². The molecule has 6 nitrogen and oxygen atoms in total. The number of ether oxygens (including phenoxy) is 2. The number of benzene rings is 3. The summed E-state index contributed by atoms with van der Waals surface area (Å²) in [6.45, 7) is 1.07. The Kier molecular flexibility index (Phi) is 6.07. The molecule has 0 saturated heterocycles. The van der Waals surface area contributed by atoms with Crippen LogP contribution in [0.1, 0.15) is 28.8 Å². The first kappa shape index (κ1) is 20.7. The highest BCUT2D eigenvalue weighted by molar-refractivity contribution is 6.25. The van der Waals surface area contributed by atoms with Crippen molar-refractivity contribution in [2.75, 3.05) is 32.2 Å². The van der Waals surface area contributed by atoms with Gasteiger partial charge in [-0.15, -0.1) is 0 Å². The second-order valence-corrected chi connectivity index (χ2v) is 7.53. The van der Waals surface area contributed by atoms with Gasteiger partial charge in [-0.05, 0) is 48.1 Å². The smallest absolute Gasteiger partial charge is 0.258 e. The van der Waals surface area contributed by atoms with Crippen LogP contribution in [-0.4, -0.2) is 39.1 Å². The third-order valence-electron chi connectivity index (χ3n) is 5.62. The van der Waals surface area contributed by atoms with Gasteiger partial charge in [0, 0.05) is 30.5 Å². The summed E-state index contributed by atoms with van der Waals surface area (Å²) in [7, 11) is 3.21. The zero-order chi connectivity index (χ0) is 21.8. The molecule has 0 aliphatic carbocycles. The molecule has 31 heavy (non-hydrogen) atoms. The van der Waals surface area contributed by atoms with Crippen molar-refractivity contribution in [1.82, 2.24) is 5.32 Å². The average molecular weight is 418 g/mol. The average Bonchev–Trinajstić information content (AvgIpc) is 3.07. The molecule has 1 aliphatic heterocycles. The van der Waals surface area contributed by atoms with Crippen molar-refractivity contribution >= 4 is 28.3 Å². The van der Waals surface area contributed by atoms with E-state index in [9.17, 15) is 9.59 Å². The molecule has 3 aromatic carbocycles. The zero-order valence-corrected chi connectivity index (χ0v) is 17.8. The molecular weight excluding hydrogens is 392 g/mol. The summed E-state index contributed by atoms with van der Waals surface area (Å²) in [6, 6.07) is 17.5. The zero-order valence-electron chi connectivity index (χ0n) is 17.8. The van der Waals surface area contributed by atoms with Crippen molar-refractivity contribution in [2.45, 2.75) is 19.3 Å². The molecule has 2 amide bonds. The summed E-state index contributed by atoms with van der Waals surface area (Å²) in [5, 5.41) is 5.03. The quantitative estimate of drug-likeness (QED) is 0.571. The van der Waals surface area contributed by atoms with Crippen LogP contribution >= 0.6 is 0 Å². The van der Waals surface area contributed by atoms with E-state index in [1.54, 1.807) is 19.1 Å². The lowest BCUT2D eigenvalue weighted by molar-refractivity contribution is -0.121. The summed E-state index contributed by atoms with van der Waals surface area (Å²) in [6.07, 6.45) is 1.69. The van der Waals surface area contributed by atoms with Crippen molar-refractivity contribution < 1.29 is 19.1 Å². The molecule has 0 fully saturated rings. The highest BCUT2D eigenvalue weighted by atomic mass is 16.5. The van der Waals surface area contributed by atoms with Gasteiger partial charge < -0.3 is 19.7 Å². The van der Waals surface area contributed by atoms with E-state index < -0.39 is 0 Å². The van der Waals surface area contributed by atoms with Crippen LogP contribution in [0, 0.1) is 0 Å². The number of carbonyl (C=O) groups excluding carboxylic acids is 2. The van der Waals surface area contributed by atoms with Crippen LogP contribution < -0.4 is 19.7 Å². The molecule has 160 valence electrons. The highest BCUT2D eigenvalue weighted by Gasteiger charge is 2.28. The number of nitrogens with one attached hydrogen (secondary N) is 1. The van der Waals surface area contributed by atoms with E-state index in [1.165, 1.54) is 0 Å². The van der Waals surface area contributed by atoms with Gasteiger partial charge in [-0.25, -0.2) is 0 Å². The number of anilines is 1. The number of nitrogens with zero attached hydrogens (tertiary/aromatic N) is 1. The van der Waals surface area contributed by atoms with Crippen LogP contribution in [0.5, 0.6) is 11.5 Å². The predicted octanol–water partition coefficient (Wildman–Crippen LogP) is 3.96. The first-order valence-electron chi connectivity index (χ1n) is 10.4. The largest absolute Gasteiger partial charge is 0.493 e. The van der Waals surface area contributed by atoms with Crippen molar-refractivity contribution in [3.8, 4) is 11.5 Å². The molecule has 0 unspecified atom stereocenters. The third-order valence-corrected chi connectivity index (χ3v) is 5.62. The Morgan fingerprint density at radius 3 is 2.55 bits per heavy atom. The summed E-state index contributed by atoms with van der Waals surface area (Å²) in [5.41, 5.74) is 2.74. The standard InChI is InChI=1S/C25H26N2O4/c1-30-21-12-11-17(16-22(21)31-2)13-14-26-23(28)10-5-15-27-20-9-4-7-18-6-3-8-19(24(18)20)25(27)29/h3-4,6-9,11-12,16H,5,10,13-15H2,1-2H3,(H,26,28). The fourth-order valence-corrected chi connectivity index (χ4v) is 4.07. The van der Waals surface area contributed by atoms with E-state index in [1.807, 2.05) is 54.6 Å². The molecule has 1 aliphatic rings. The van der Waals surface area contributed by atoms with E-state index in [4.69, 9.17) is 9.47 Å². The predicted molar refractivity (Wildman–Crippen MR) is 121 cm³/mol. The minimum Gasteiger partial charge on any atom is -0.493 e. The van der Waals surface area contributed by atoms with Gasteiger partial charge in [0.25, 0.3) is 5.91 Å². The molecule has 4 rings (SSSR count). The molecule has 3 aromatic rings. The Bertz CT molecular complexity index is 1120. The van der Waals surface area contributed by atoms with Gasteiger partial charge in [0.15, 0.2) is 11.5 Å². The van der Waals surface area contributed by atoms with Crippen molar-refractivity contribution in [3.63, 3.8) is 0 Å². The Morgan fingerprint density at radius 1 is 1.00 bits per heavy atom. The fraction of sp³-hybridized carbons (Fsp3) is 0.280. The van der Waals surface area contributed by atoms with E-state index in [2.05, 4.69) is 5.32 Å². The van der Waals surface area contributed by atoms with E-state index in [-0.39, 0.29) is 11.8 Å². The molecule has 1 N–H and O–H groups in total. The Morgan fingerprint density at radius 2 is 1.77 bits per heavy atom. The summed E-state index contributed by atoms with van der Waals surface area (Å²) in [5.74, 6) is 1.37. The minimum absolute atomic E-state index is 0.0113. The van der Waals surface area contributed by atoms with Crippen LogP contribution in [0.2, 0.25) is 0 Å². The lowest BCUT2D eigenvalue weighted by atomic mass is 10.1. The monoisotopic (exact) mass is 418 g/mol. The molecule has 0 atom stereocenters. The lowest BCUT2D eigenvalue weighted by Gasteiger charge is -2.17. The fourth-order valence-electron chi connectivity index (χ4n) is 4.07. The number of amides is 2. The van der Waals surface area contributed by atoms with Crippen molar-refractivity contribution in [1.29, 1.82) is 0 Å².